The smallest absolute Gasteiger partial charge is 0.257 e. The Labute approximate surface area is 121 Å². The zero-order valence-corrected chi connectivity index (χ0v) is 12.2. The van der Waals surface area contributed by atoms with Gasteiger partial charge in [-0.25, -0.2) is 0 Å². The summed E-state index contributed by atoms with van der Waals surface area (Å²) in [4.78, 5) is 4.37. The van der Waals surface area contributed by atoms with E-state index in [1.807, 2.05) is 12.1 Å². The molecule has 1 aromatic heterocycles. The van der Waals surface area contributed by atoms with E-state index in [0.29, 0.717) is 28.5 Å². The van der Waals surface area contributed by atoms with Crippen LogP contribution in [0.1, 0.15) is 19.2 Å². The first kappa shape index (κ1) is 14.4. The molecule has 2 aromatic rings. The van der Waals surface area contributed by atoms with Crippen molar-refractivity contribution in [1.82, 2.24) is 10.1 Å². The molecule has 0 fully saturated rings. The fourth-order valence-electron chi connectivity index (χ4n) is 1.56. The maximum Gasteiger partial charge on any atom is 0.257 e. The molecule has 0 bridgehead atoms. The summed E-state index contributed by atoms with van der Waals surface area (Å²) in [5, 5.41) is 5.17. The first-order valence-electron chi connectivity index (χ1n) is 6.09. The minimum absolute atomic E-state index is 0.502. The number of nitrogens with zero attached hydrogens (tertiary/aromatic N) is 2. The number of benzene rings is 1. The van der Waals surface area contributed by atoms with Crippen molar-refractivity contribution in [2.24, 2.45) is 5.73 Å². The van der Waals surface area contributed by atoms with Crippen LogP contribution in [0.3, 0.4) is 0 Å². The molecule has 102 valence electrons. The van der Waals surface area contributed by atoms with Gasteiger partial charge in [0.15, 0.2) is 5.82 Å². The molecule has 1 aromatic carbocycles. The molecule has 19 heavy (non-hydrogen) atoms. The van der Waals surface area contributed by atoms with Gasteiger partial charge in [0.2, 0.25) is 0 Å². The maximum absolute atomic E-state index is 5.84. The molecule has 2 N–H and O–H groups in total. The summed E-state index contributed by atoms with van der Waals surface area (Å²) in [6.45, 7) is 2.86. The fraction of sp³-hybridized carbons (Fsp3) is 0.385. The molecule has 1 unspecified atom stereocenters. The lowest BCUT2D eigenvalue weighted by Gasteiger charge is -2.06. The fourth-order valence-corrected chi connectivity index (χ4v) is 2.54. The Morgan fingerprint density at radius 2 is 2.11 bits per heavy atom. The highest BCUT2D eigenvalue weighted by atomic mass is 35.5. The van der Waals surface area contributed by atoms with Crippen molar-refractivity contribution in [2.75, 3.05) is 6.54 Å². The van der Waals surface area contributed by atoms with E-state index in [0.717, 1.165) is 17.7 Å². The van der Waals surface area contributed by atoms with Crippen molar-refractivity contribution in [1.29, 1.82) is 0 Å². The predicted molar refractivity (Wildman–Crippen MR) is 79.2 cm³/mol. The molecule has 2 rings (SSSR count). The van der Waals surface area contributed by atoms with E-state index in [1.54, 1.807) is 23.9 Å². The third-order valence-electron chi connectivity index (χ3n) is 2.63. The summed E-state index contributed by atoms with van der Waals surface area (Å²) in [5.74, 6) is 1.97. The molecule has 1 atom stereocenters. The van der Waals surface area contributed by atoms with E-state index in [1.165, 1.54) is 0 Å². The highest BCUT2D eigenvalue weighted by Gasteiger charge is 2.10. The van der Waals surface area contributed by atoms with E-state index < -0.39 is 0 Å². The highest BCUT2D eigenvalue weighted by Crippen LogP contribution is 2.22. The highest BCUT2D eigenvalue weighted by molar-refractivity contribution is 7.99. The van der Waals surface area contributed by atoms with Crippen LogP contribution in [0.5, 0.6) is 0 Å². The number of rotatable bonds is 6. The van der Waals surface area contributed by atoms with Crippen LogP contribution in [-0.2, 0) is 5.75 Å². The second-order valence-corrected chi connectivity index (χ2v) is 6.08. The summed E-state index contributed by atoms with van der Waals surface area (Å²) >= 11 is 7.62. The molecule has 0 aliphatic carbocycles. The van der Waals surface area contributed by atoms with Crippen molar-refractivity contribution >= 4 is 23.4 Å². The van der Waals surface area contributed by atoms with Gasteiger partial charge in [0, 0.05) is 15.8 Å². The van der Waals surface area contributed by atoms with Gasteiger partial charge in [0.1, 0.15) is 0 Å². The van der Waals surface area contributed by atoms with Gasteiger partial charge in [-0.05, 0) is 37.2 Å². The standard InChI is InChI=1S/C13H16ClN3OS/c1-9(6-7-15)19-8-12-16-13(18-17-12)10-2-4-11(14)5-3-10/h2-5,9H,6-8,15H2,1H3. The number of halogens is 1. The summed E-state index contributed by atoms with van der Waals surface area (Å²) in [6.07, 6.45) is 0.993. The molecule has 0 amide bonds. The molecular formula is C13H16ClN3OS. The summed E-state index contributed by atoms with van der Waals surface area (Å²) < 4.78 is 5.24. The minimum atomic E-state index is 0.502. The Bertz CT molecular complexity index is 515. The summed E-state index contributed by atoms with van der Waals surface area (Å²) in [7, 11) is 0. The van der Waals surface area contributed by atoms with E-state index in [-0.39, 0.29) is 0 Å². The lowest BCUT2D eigenvalue weighted by molar-refractivity contribution is 0.425. The monoisotopic (exact) mass is 297 g/mol. The van der Waals surface area contributed by atoms with Gasteiger partial charge in [0.25, 0.3) is 5.89 Å². The zero-order valence-electron chi connectivity index (χ0n) is 10.7. The number of thioether (sulfide) groups is 1. The van der Waals surface area contributed by atoms with Gasteiger partial charge in [-0.3, -0.25) is 0 Å². The van der Waals surface area contributed by atoms with E-state index in [2.05, 4.69) is 17.1 Å². The molecule has 1 heterocycles. The largest absolute Gasteiger partial charge is 0.334 e. The molecule has 0 saturated heterocycles. The Morgan fingerprint density at radius 3 is 2.79 bits per heavy atom. The second kappa shape index (κ2) is 6.93. The number of hydrogen-bond donors (Lipinski definition) is 1. The van der Waals surface area contributed by atoms with Crippen molar-refractivity contribution in [2.45, 2.75) is 24.3 Å². The van der Waals surface area contributed by atoms with Crippen LogP contribution in [-0.4, -0.2) is 21.9 Å². The quantitative estimate of drug-likeness (QED) is 0.885. The van der Waals surface area contributed by atoms with Gasteiger partial charge in [-0.2, -0.15) is 16.7 Å². The van der Waals surface area contributed by atoms with Gasteiger partial charge >= 0.3 is 0 Å². The van der Waals surface area contributed by atoms with Gasteiger partial charge < -0.3 is 10.3 Å². The van der Waals surface area contributed by atoms with E-state index >= 15 is 0 Å². The lowest BCUT2D eigenvalue weighted by atomic mass is 10.2. The lowest BCUT2D eigenvalue weighted by Crippen LogP contribution is -2.07. The van der Waals surface area contributed by atoms with Crippen LogP contribution < -0.4 is 5.73 Å². The third-order valence-corrected chi connectivity index (χ3v) is 4.11. The van der Waals surface area contributed by atoms with Crippen molar-refractivity contribution < 1.29 is 4.52 Å². The van der Waals surface area contributed by atoms with Crippen molar-refractivity contribution in [3.8, 4) is 11.5 Å². The van der Waals surface area contributed by atoms with Gasteiger partial charge in [0.05, 0.1) is 5.75 Å². The van der Waals surface area contributed by atoms with Crippen LogP contribution in [0.4, 0.5) is 0 Å². The molecule has 0 radical (unpaired) electrons. The van der Waals surface area contributed by atoms with Crippen LogP contribution in [0.2, 0.25) is 5.02 Å². The van der Waals surface area contributed by atoms with E-state index in [9.17, 15) is 0 Å². The zero-order chi connectivity index (χ0) is 13.7. The molecule has 4 nitrogen and oxygen atoms in total. The van der Waals surface area contributed by atoms with E-state index in [4.69, 9.17) is 21.9 Å². The maximum atomic E-state index is 5.84. The Hall–Kier alpha value is -1.04. The molecular weight excluding hydrogens is 282 g/mol. The van der Waals surface area contributed by atoms with Crippen LogP contribution in [0, 0.1) is 0 Å². The average molecular weight is 298 g/mol. The molecule has 6 heteroatoms. The topological polar surface area (TPSA) is 64.9 Å². The SMILES string of the molecule is CC(CCN)SCc1noc(-c2ccc(Cl)cc2)n1. The first-order chi connectivity index (χ1) is 9.19. The third kappa shape index (κ3) is 4.23. The van der Waals surface area contributed by atoms with Crippen molar-refractivity contribution in [3.05, 3.63) is 35.1 Å². The summed E-state index contributed by atoms with van der Waals surface area (Å²) in [6, 6.07) is 7.34. The molecule has 0 spiro atoms. The Morgan fingerprint density at radius 1 is 1.37 bits per heavy atom. The Kier molecular flexibility index (Phi) is 5.24. The molecule has 0 aliphatic heterocycles. The van der Waals surface area contributed by atoms with Crippen LogP contribution in [0.25, 0.3) is 11.5 Å². The number of hydrogen-bond acceptors (Lipinski definition) is 5. The van der Waals surface area contributed by atoms with Gasteiger partial charge in [-0.1, -0.05) is 23.7 Å². The number of nitrogens with two attached hydrogens (primary N) is 1. The first-order valence-corrected chi connectivity index (χ1v) is 7.52. The molecule has 0 aliphatic rings. The minimum Gasteiger partial charge on any atom is -0.334 e. The van der Waals surface area contributed by atoms with Crippen molar-refractivity contribution in [3.63, 3.8) is 0 Å². The second-order valence-electron chi connectivity index (χ2n) is 4.22. The predicted octanol–water partition coefficient (Wildman–Crippen LogP) is 3.36. The van der Waals surface area contributed by atoms with Crippen LogP contribution in [0.15, 0.2) is 28.8 Å². The summed E-state index contributed by atoms with van der Waals surface area (Å²) in [5.41, 5.74) is 6.39. The normalized spacial score (nSPS) is 12.6. The number of aromatic nitrogens is 2. The Balaban J connectivity index is 1.97. The average Bonchev–Trinajstić information content (AvgIpc) is 2.86. The van der Waals surface area contributed by atoms with Crippen LogP contribution >= 0.6 is 23.4 Å². The molecule has 0 saturated carbocycles. The van der Waals surface area contributed by atoms with Gasteiger partial charge in [-0.15, -0.1) is 0 Å².